The summed E-state index contributed by atoms with van der Waals surface area (Å²) in [5.74, 6) is 0.946. The number of fused-ring (bicyclic) bond motifs is 2. The van der Waals surface area contributed by atoms with E-state index in [4.69, 9.17) is 0 Å². The summed E-state index contributed by atoms with van der Waals surface area (Å²) >= 11 is 0. The Bertz CT molecular complexity index is 475. The molecule has 0 radical (unpaired) electrons. The molecule has 2 unspecified atom stereocenters. The number of likely N-dealkylation sites (N-methyl/N-ethyl adjacent to an activating group) is 1. The van der Waals surface area contributed by atoms with Gasteiger partial charge in [-0.15, -0.1) is 0 Å². The zero-order valence-corrected chi connectivity index (χ0v) is 13.6. The van der Waals surface area contributed by atoms with Crippen molar-refractivity contribution in [2.24, 2.45) is 5.92 Å². The Morgan fingerprint density at radius 3 is 2.50 bits per heavy atom. The van der Waals surface area contributed by atoms with Gasteiger partial charge in [-0.25, -0.2) is 0 Å². The van der Waals surface area contributed by atoms with Gasteiger partial charge in [0, 0.05) is 31.6 Å². The highest BCUT2D eigenvalue weighted by atomic mass is 16.2. The van der Waals surface area contributed by atoms with E-state index in [0.29, 0.717) is 23.9 Å². The summed E-state index contributed by atoms with van der Waals surface area (Å²) in [5.41, 5.74) is 1.31. The Labute approximate surface area is 134 Å². The smallest absolute Gasteiger partial charge is 0.222 e. The van der Waals surface area contributed by atoms with Crippen molar-refractivity contribution < 1.29 is 4.79 Å². The second-order valence-corrected chi connectivity index (χ2v) is 6.89. The van der Waals surface area contributed by atoms with Crippen LogP contribution in [0.25, 0.3) is 0 Å². The molecule has 2 bridgehead atoms. The maximum atomic E-state index is 12.6. The molecule has 2 aliphatic rings. The van der Waals surface area contributed by atoms with E-state index in [9.17, 15) is 4.79 Å². The van der Waals surface area contributed by atoms with E-state index < -0.39 is 0 Å². The van der Waals surface area contributed by atoms with Gasteiger partial charge in [-0.1, -0.05) is 30.3 Å². The molecule has 22 heavy (non-hydrogen) atoms. The maximum Gasteiger partial charge on any atom is 0.222 e. The number of piperidine rings is 1. The van der Waals surface area contributed by atoms with Crippen LogP contribution in [-0.2, 0) is 11.2 Å². The van der Waals surface area contributed by atoms with Crippen LogP contribution in [0.15, 0.2) is 30.3 Å². The number of hydrogen-bond acceptors (Lipinski definition) is 2. The van der Waals surface area contributed by atoms with Gasteiger partial charge >= 0.3 is 0 Å². The van der Waals surface area contributed by atoms with E-state index in [2.05, 4.69) is 36.5 Å². The van der Waals surface area contributed by atoms with E-state index in [1.165, 1.54) is 31.2 Å². The van der Waals surface area contributed by atoms with E-state index in [1.807, 2.05) is 11.0 Å². The molecule has 1 aromatic rings. The molecule has 1 aromatic carbocycles. The van der Waals surface area contributed by atoms with Crippen LogP contribution in [0.5, 0.6) is 0 Å². The van der Waals surface area contributed by atoms with Crippen LogP contribution in [-0.4, -0.2) is 36.0 Å². The highest BCUT2D eigenvalue weighted by molar-refractivity contribution is 5.76. The van der Waals surface area contributed by atoms with Gasteiger partial charge < -0.3 is 10.2 Å². The van der Waals surface area contributed by atoms with Crippen LogP contribution in [0.4, 0.5) is 0 Å². The van der Waals surface area contributed by atoms with Gasteiger partial charge in [-0.3, -0.25) is 4.79 Å². The SMILES string of the molecule is CCN(CCc1ccccc1)C(=O)CC1CC2CCC(C1)N2. The summed E-state index contributed by atoms with van der Waals surface area (Å²) < 4.78 is 0. The molecule has 120 valence electrons. The third-order valence-corrected chi connectivity index (χ3v) is 5.28. The fourth-order valence-corrected chi connectivity index (χ4v) is 4.09. The lowest BCUT2D eigenvalue weighted by Gasteiger charge is -2.30. The molecule has 2 fully saturated rings. The van der Waals surface area contributed by atoms with Gasteiger partial charge in [0.25, 0.3) is 0 Å². The van der Waals surface area contributed by atoms with Gasteiger partial charge in [-0.2, -0.15) is 0 Å². The summed E-state index contributed by atoms with van der Waals surface area (Å²) in [6, 6.07) is 11.8. The molecule has 0 saturated carbocycles. The molecule has 2 saturated heterocycles. The molecule has 0 aromatic heterocycles. The summed E-state index contributed by atoms with van der Waals surface area (Å²) in [6.45, 7) is 3.76. The minimum Gasteiger partial charge on any atom is -0.343 e. The van der Waals surface area contributed by atoms with Crippen molar-refractivity contribution in [3.63, 3.8) is 0 Å². The van der Waals surface area contributed by atoms with Gasteiger partial charge in [0.15, 0.2) is 0 Å². The molecule has 3 nitrogen and oxygen atoms in total. The first-order valence-electron chi connectivity index (χ1n) is 8.82. The maximum absolute atomic E-state index is 12.6. The van der Waals surface area contributed by atoms with Crippen molar-refractivity contribution in [2.75, 3.05) is 13.1 Å². The number of carbonyl (C=O) groups is 1. The van der Waals surface area contributed by atoms with Crippen molar-refractivity contribution in [2.45, 2.75) is 57.5 Å². The van der Waals surface area contributed by atoms with E-state index in [1.54, 1.807) is 0 Å². The lowest BCUT2D eigenvalue weighted by Crippen LogP contribution is -2.40. The predicted molar refractivity (Wildman–Crippen MR) is 89.7 cm³/mol. The molecule has 2 heterocycles. The van der Waals surface area contributed by atoms with Crippen molar-refractivity contribution in [1.82, 2.24) is 10.2 Å². The van der Waals surface area contributed by atoms with Crippen LogP contribution >= 0.6 is 0 Å². The first-order valence-corrected chi connectivity index (χ1v) is 8.82. The molecular weight excluding hydrogens is 272 g/mol. The Balaban J connectivity index is 1.49. The van der Waals surface area contributed by atoms with Gasteiger partial charge in [0.2, 0.25) is 5.91 Å². The second-order valence-electron chi connectivity index (χ2n) is 6.89. The summed E-state index contributed by atoms with van der Waals surface area (Å²) in [4.78, 5) is 14.6. The minimum absolute atomic E-state index is 0.352. The topological polar surface area (TPSA) is 32.3 Å². The summed E-state index contributed by atoms with van der Waals surface area (Å²) in [5, 5.41) is 3.66. The lowest BCUT2D eigenvalue weighted by molar-refractivity contribution is -0.132. The zero-order valence-electron chi connectivity index (χ0n) is 13.6. The van der Waals surface area contributed by atoms with E-state index in [-0.39, 0.29) is 0 Å². The number of nitrogens with zero attached hydrogens (tertiary/aromatic N) is 1. The van der Waals surface area contributed by atoms with E-state index in [0.717, 1.165) is 25.9 Å². The minimum atomic E-state index is 0.352. The molecule has 1 N–H and O–H groups in total. The number of rotatable bonds is 6. The summed E-state index contributed by atoms with van der Waals surface area (Å²) in [7, 11) is 0. The molecule has 2 aliphatic heterocycles. The van der Waals surface area contributed by atoms with E-state index >= 15 is 0 Å². The molecule has 1 amide bonds. The Morgan fingerprint density at radius 2 is 1.86 bits per heavy atom. The number of carbonyl (C=O) groups excluding carboxylic acids is 1. The van der Waals surface area contributed by atoms with Crippen LogP contribution in [0.3, 0.4) is 0 Å². The van der Waals surface area contributed by atoms with Crippen LogP contribution in [0.1, 0.15) is 44.6 Å². The Morgan fingerprint density at radius 1 is 1.18 bits per heavy atom. The average molecular weight is 300 g/mol. The zero-order chi connectivity index (χ0) is 15.4. The van der Waals surface area contributed by atoms with Crippen LogP contribution < -0.4 is 5.32 Å². The van der Waals surface area contributed by atoms with Crippen molar-refractivity contribution in [1.29, 1.82) is 0 Å². The third-order valence-electron chi connectivity index (χ3n) is 5.28. The number of nitrogens with one attached hydrogen (secondary N) is 1. The monoisotopic (exact) mass is 300 g/mol. The number of hydrogen-bond donors (Lipinski definition) is 1. The Hall–Kier alpha value is -1.35. The third kappa shape index (κ3) is 3.89. The van der Waals surface area contributed by atoms with Gasteiger partial charge in [0.05, 0.1) is 0 Å². The fourth-order valence-electron chi connectivity index (χ4n) is 4.09. The molecule has 3 rings (SSSR count). The predicted octanol–water partition coefficient (Wildman–Crippen LogP) is 3.00. The highest BCUT2D eigenvalue weighted by Crippen LogP contribution is 2.32. The molecule has 0 aliphatic carbocycles. The summed E-state index contributed by atoms with van der Waals surface area (Å²) in [6.07, 6.45) is 6.70. The van der Waals surface area contributed by atoms with Crippen molar-refractivity contribution in [3.8, 4) is 0 Å². The Kier molecular flexibility index (Phi) is 5.14. The number of benzene rings is 1. The molecule has 0 spiro atoms. The van der Waals surface area contributed by atoms with Gasteiger partial charge in [0.1, 0.15) is 0 Å². The van der Waals surface area contributed by atoms with Crippen LogP contribution in [0, 0.1) is 5.92 Å². The van der Waals surface area contributed by atoms with Gasteiger partial charge in [-0.05, 0) is 50.5 Å². The second kappa shape index (κ2) is 7.28. The number of amides is 1. The fraction of sp³-hybridized carbons (Fsp3) is 0.632. The quantitative estimate of drug-likeness (QED) is 0.876. The largest absolute Gasteiger partial charge is 0.343 e. The molecule has 2 atom stereocenters. The highest BCUT2D eigenvalue weighted by Gasteiger charge is 2.34. The van der Waals surface area contributed by atoms with Crippen molar-refractivity contribution >= 4 is 5.91 Å². The average Bonchev–Trinajstić information content (AvgIpc) is 2.88. The normalized spacial score (nSPS) is 26.9. The lowest BCUT2D eigenvalue weighted by atomic mass is 9.89. The molecule has 3 heteroatoms. The first-order chi connectivity index (χ1) is 10.7. The first kappa shape index (κ1) is 15.5. The van der Waals surface area contributed by atoms with Crippen molar-refractivity contribution in [3.05, 3.63) is 35.9 Å². The van der Waals surface area contributed by atoms with Crippen LogP contribution in [0.2, 0.25) is 0 Å². The standard InChI is InChI=1S/C19H28N2O/c1-2-21(11-10-15-6-4-3-5-7-15)19(22)14-16-12-17-8-9-18(13-16)20-17/h3-7,16-18,20H,2,8-14H2,1H3. The molecular formula is C19H28N2O.